The Labute approximate surface area is 127 Å². The summed E-state index contributed by atoms with van der Waals surface area (Å²) in [5.41, 5.74) is 0. The van der Waals surface area contributed by atoms with Crippen molar-refractivity contribution in [3.63, 3.8) is 0 Å². The molecule has 0 aromatic carbocycles. The van der Waals surface area contributed by atoms with E-state index in [1.54, 1.807) is 0 Å². The Morgan fingerprint density at radius 1 is 1.24 bits per heavy atom. The van der Waals surface area contributed by atoms with Gasteiger partial charge in [-0.3, -0.25) is 4.90 Å². The highest BCUT2D eigenvalue weighted by Crippen LogP contribution is 2.25. The van der Waals surface area contributed by atoms with Crippen molar-refractivity contribution >= 4 is 0 Å². The van der Waals surface area contributed by atoms with Gasteiger partial charge in [0.15, 0.2) is 0 Å². The van der Waals surface area contributed by atoms with Crippen molar-refractivity contribution in [3.8, 4) is 0 Å². The summed E-state index contributed by atoms with van der Waals surface area (Å²) in [5.74, 6) is 1.85. The predicted octanol–water partition coefficient (Wildman–Crippen LogP) is 1.32. The Balaban J connectivity index is 1.49. The minimum Gasteiger partial charge on any atom is -0.376 e. The molecule has 5 nitrogen and oxygen atoms in total. The van der Waals surface area contributed by atoms with Gasteiger partial charge in [-0.25, -0.2) is 4.98 Å². The van der Waals surface area contributed by atoms with Crippen LogP contribution in [0, 0.1) is 0 Å². The van der Waals surface area contributed by atoms with Crippen molar-refractivity contribution < 1.29 is 4.74 Å². The number of ether oxygens (including phenoxy) is 1. The van der Waals surface area contributed by atoms with E-state index < -0.39 is 0 Å². The van der Waals surface area contributed by atoms with E-state index in [1.807, 2.05) is 6.20 Å². The number of rotatable bonds is 4. The van der Waals surface area contributed by atoms with Gasteiger partial charge in [0, 0.05) is 58.1 Å². The largest absolute Gasteiger partial charge is 0.376 e. The lowest BCUT2D eigenvalue weighted by atomic mass is 9.97. The molecule has 2 aliphatic rings. The number of aromatic nitrogens is 2. The molecule has 0 N–H and O–H groups in total. The summed E-state index contributed by atoms with van der Waals surface area (Å²) < 4.78 is 7.79. The third-order valence-electron chi connectivity index (χ3n) is 4.79. The van der Waals surface area contributed by atoms with Crippen LogP contribution in [0.25, 0.3) is 0 Å². The molecule has 3 rings (SSSR count). The molecule has 5 heteroatoms. The summed E-state index contributed by atoms with van der Waals surface area (Å²) in [6.45, 7) is 9.96. The molecule has 0 aliphatic carbocycles. The van der Waals surface area contributed by atoms with Crippen LogP contribution in [0.1, 0.15) is 31.5 Å². The second kappa shape index (κ2) is 6.90. The number of aryl methyl sites for hydroxylation is 1. The van der Waals surface area contributed by atoms with E-state index >= 15 is 0 Å². The topological polar surface area (TPSA) is 33.5 Å². The fraction of sp³-hybridized carbons (Fsp3) is 0.812. The fourth-order valence-electron chi connectivity index (χ4n) is 3.62. The molecule has 0 radical (unpaired) electrons. The van der Waals surface area contributed by atoms with Gasteiger partial charge >= 0.3 is 0 Å². The predicted molar refractivity (Wildman–Crippen MR) is 83.5 cm³/mol. The highest BCUT2D eigenvalue weighted by atomic mass is 16.5. The standard InChI is InChI=1S/C16H28N4O/c1-14-12-20(10-11-21-14)9-8-19-6-3-4-15(13-19)16-17-5-7-18(16)2/h5,7,14-15H,3-4,6,8-13H2,1-2H3. The molecule has 0 amide bonds. The van der Waals surface area contributed by atoms with Gasteiger partial charge in [0.05, 0.1) is 12.7 Å². The molecule has 2 atom stereocenters. The molecule has 0 spiro atoms. The summed E-state index contributed by atoms with van der Waals surface area (Å²) in [7, 11) is 2.11. The van der Waals surface area contributed by atoms with E-state index in [4.69, 9.17) is 4.74 Å². The third kappa shape index (κ3) is 3.84. The SMILES string of the molecule is CC1CN(CCN2CCCC(c3nccn3C)C2)CCO1. The normalized spacial score (nSPS) is 28.9. The number of likely N-dealkylation sites (tertiary alicyclic amines) is 1. The average molecular weight is 292 g/mol. The molecule has 0 bridgehead atoms. The molecule has 21 heavy (non-hydrogen) atoms. The van der Waals surface area contributed by atoms with Crippen LogP contribution >= 0.6 is 0 Å². The molecule has 3 heterocycles. The van der Waals surface area contributed by atoms with E-state index in [-0.39, 0.29) is 0 Å². The summed E-state index contributed by atoms with van der Waals surface area (Å²) >= 11 is 0. The quantitative estimate of drug-likeness (QED) is 0.838. The maximum Gasteiger partial charge on any atom is 0.112 e. The Morgan fingerprint density at radius 3 is 2.76 bits per heavy atom. The van der Waals surface area contributed by atoms with Crippen molar-refractivity contribution in [2.45, 2.75) is 31.8 Å². The minimum absolute atomic E-state index is 0.389. The van der Waals surface area contributed by atoms with Crippen LogP contribution in [0.2, 0.25) is 0 Å². The van der Waals surface area contributed by atoms with Crippen LogP contribution in [0.15, 0.2) is 12.4 Å². The summed E-state index contributed by atoms with van der Waals surface area (Å²) in [4.78, 5) is 9.70. The second-order valence-electron chi connectivity index (χ2n) is 6.52. The maximum atomic E-state index is 5.61. The molecular weight excluding hydrogens is 264 g/mol. The van der Waals surface area contributed by atoms with Gasteiger partial charge in [-0.1, -0.05) is 0 Å². The molecule has 2 aliphatic heterocycles. The van der Waals surface area contributed by atoms with Gasteiger partial charge in [-0.2, -0.15) is 0 Å². The van der Waals surface area contributed by atoms with E-state index in [2.05, 4.69) is 39.5 Å². The average Bonchev–Trinajstić information content (AvgIpc) is 2.92. The first-order valence-electron chi connectivity index (χ1n) is 8.26. The minimum atomic E-state index is 0.389. The number of hydrogen-bond acceptors (Lipinski definition) is 4. The van der Waals surface area contributed by atoms with Crippen LogP contribution in [-0.2, 0) is 11.8 Å². The Kier molecular flexibility index (Phi) is 4.93. The molecule has 0 saturated carbocycles. The molecule has 1 aromatic heterocycles. The lowest BCUT2D eigenvalue weighted by Crippen LogP contribution is -2.46. The zero-order chi connectivity index (χ0) is 14.7. The number of morpholine rings is 1. The Hall–Kier alpha value is -0.910. The summed E-state index contributed by atoms with van der Waals surface area (Å²) in [6, 6.07) is 0. The highest BCUT2D eigenvalue weighted by Gasteiger charge is 2.24. The zero-order valence-electron chi connectivity index (χ0n) is 13.4. The first-order chi connectivity index (χ1) is 10.2. The van der Waals surface area contributed by atoms with Crippen molar-refractivity contribution in [3.05, 3.63) is 18.2 Å². The Bertz CT molecular complexity index is 447. The van der Waals surface area contributed by atoms with Crippen LogP contribution in [-0.4, -0.2) is 71.3 Å². The fourth-order valence-corrected chi connectivity index (χ4v) is 3.62. The molecule has 2 fully saturated rings. The lowest BCUT2D eigenvalue weighted by Gasteiger charge is -2.36. The van der Waals surface area contributed by atoms with Crippen molar-refractivity contribution in [1.29, 1.82) is 0 Å². The number of hydrogen-bond donors (Lipinski definition) is 0. The number of imidazole rings is 1. The first kappa shape index (κ1) is 15.0. The van der Waals surface area contributed by atoms with Crippen molar-refractivity contribution in [2.24, 2.45) is 7.05 Å². The summed E-state index contributed by atoms with van der Waals surface area (Å²) in [6.07, 6.45) is 6.93. The number of nitrogens with zero attached hydrogens (tertiary/aromatic N) is 4. The molecule has 118 valence electrons. The van der Waals surface area contributed by atoms with Crippen molar-refractivity contribution in [2.75, 3.05) is 45.9 Å². The second-order valence-corrected chi connectivity index (χ2v) is 6.52. The van der Waals surface area contributed by atoms with E-state index in [9.17, 15) is 0 Å². The van der Waals surface area contributed by atoms with E-state index in [0.717, 1.165) is 26.2 Å². The first-order valence-corrected chi connectivity index (χ1v) is 8.26. The van der Waals surface area contributed by atoms with Gasteiger partial charge in [0.1, 0.15) is 5.82 Å². The summed E-state index contributed by atoms with van der Waals surface area (Å²) in [5, 5.41) is 0. The van der Waals surface area contributed by atoms with Gasteiger partial charge in [-0.15, -0.1) is 0 Å². The third-order valence-corrected chi connectivity index (χ3v) is 4.79. The molecule has 2 saturated heterocycles. The van der Waals surface area contributed by atoms with Crippen LogP contribution in [0.4, 0.5) is 0 Å². The monoisotopic (exact) mass is 292 g/mol. The van der Waals surface area contributed by atoms with Gasteiger partial charge in [0.25, 0.3) is 0 Å². The molecule has 2 unspecified atom stereocenters. The molecule has 1 aromatic rings. The lowest BCUT2D eigenvalue weighted by molar-refractivity contribution is -0.0212. The van der Waals surface area contributed by atoms with Gasteiger partial charge < -0.3 is 14.2 Å². The highest BCUT2D eigenvalue weighted by molar-refractivity contribution is 5.02. The zero-order valence-corrected chi connectivity index (χ0v) is 13.4. The van der Waals surface area contributed by atoms with E-state index in [0.29, 0.717) is 12.0 Å². The molecular formula is C16H28N4O. The van der Waals surface area contributed by atoms with Crippen LogP contribution in [0.5, 0.6) is 0 Å². The van der Waals surface area contributed by atoms with Gasteiger partial charge in [-0.05, 0) is 26.3 Å². The van der Waals surface area contributed by atoms with Crippen LogP contribution < -0.4 is 0 Å². The maximum absolute atomic E-state index is 5.61. The van der Waals surface area contributed by atoms with Crippen molar-refractivity contribution in [1.82, 2.24) is 19.4 Å². The Morgan fingerprint density at radius 2 is 2.05 bits per heavy atom. The number of piperidine rings is 1. The van der Waals surface area contributed by atoms with E-state index in [1.165, 1.54) is 38.3 Å². The van der Waals surface area contributed by atoms with Gasteiger partial charge in [0.2, 0.25) is 0 Å². The smallest absolute Gasteiger partial charge is 0.112 e. The van der Waals surface area contributed by atoms with Crippen LogP contribution in [0.3, 0.4) is 0 Å².